The average molecular weight is 275 g/mol. The fraction of sp³-hybridized carbons (Fsp3) is 0.357. The Morgan fingerprint density at radius 1 is 1.30 bits per heavy atom. The number of nitrogens with zero attached hydrogens (tertiary/aromatic N) is 2. The van der Waals surface area contributed by atoms with E-state index in [0.717, 1.165) is 0 Å². The molecular weight excluding hydrogens is 258 g/mol. The quantitative estimate of drug-likeness (QED) is 0.788. The summed E-state index contributed by atoms with van der Waals surface area (Å²) in [5.41, 5.74) is 0.114. The van der Waals surface area contributed by atoms with Gasteiger partial charge in [-0.3, -0.25) is 0 Å². The number of rotatable bonds is 4. The van der Waals surface area contributed by atoms with Gasteiger partial charge in [0.2, 0.25) is 0 Å². The van der Waals surface area contributed by atoms with Gasteiger partial charge >= 0.3 is 5.97 Å². The number of benzene rings is 1. The van der Waals surface area contributed by atoms with Crippen molar-refractivity contribution >= 4 is 22.6 Å². The maximum atomic E-state index is 11.3. The van der Waals surface area contributed by atoms with Crippen molar-refractivity contribution in [2.75, 3.05) is 5.32 Å². The molecule has 106 valence electrons. The van der Waals surface area contributed by atoms with Crippen LogP contribution >= 0.6 is 0 Å². The normalized spacial score (nSPS) is 13.2. The van der Waals surface area contributed by atoms with Crippen LogP contribution in [-0.4, -0.2) is 38.0 Å². The molecule has 1 heterocycles. The van der Waals surface area contributed by atoms with Crippen molar-refractivity contribution < 1.29 is 15.0 Å². The summed E-state index contributed by atoms with van der Waals surface area (Å²) in [5, 5.41) is 30.5. The molecule has 0 saturated heterocycles. The Kier molecular flexibility index (Phi) is 3.59. The number of nitrogens with one attached hydrogen (secondary N) is 1. The lowest BCUT2D eigenvalue weighted by Gasteiger charge is -2.31. The molecule has 0 spiro atoms. The predicted octanol–water partition coefficient (Wildman–Crippen LogP) is 1.90. The van der Waals surface area contributed by atoms with E-state index in [1.54, 1.807) is 45.0 Å². The number of hydrogen-bond donors (Lipinski definition) is 3. The smallest absolute Gasteiger partial charge is 0.358 e. The number of aromatic carboxylic acids is 1. The van der Waals surface area contributed by atoms with Gasteiger partial charge in [-0.05, 0) is 26.8 Å². The van der Waals surface area contributed by atoms with Crippen LogP contribution in [0.4, 0.5) is 5.69 Å². The van der Waals surface area contributed by atoms with Crippen LogP contribution in [0.2, 0.25) is 0 Å². The highest BCUT2D eigenvalue weighted by Gasteiger charge is 2.27. The highest BCUT2D eigenvalue weighted by molar-refractivity contribution is 6.02. The SMILES string of the molecule is CC(O)C(C)(C)Nc1c(C(=O)O)nnc2ccccc12. The summed E-state index contributed by atoms with van der Waals surface area (Å²) >= 11 is 0. The van der Waals surface area contributed by atoms with Crippen molar-refractivity contribution in [2.45, 2.75) is 32.4 Å². The number of carboxylic acids is 1. The van der Waals surface area contributed by atoms with Crippen LogP contribution in [0.15, 0.2) is 24.3 Å². The lowest BCUT2D eigenvalue weighted by atomic mass is 9.97. The third-order valence-electron chi connectivity index (χ3n) is 3.36. The number of aliphatic hydroxyl groups is 1. The van der Waals surface area contributed by atoms with Gasteiger partial charge in [0.15, 0.2) is 5.69 Å². The third-order valence-corrected chi connectivity index (χ3v) is 3.36. The molecule has 3 N–H and O–H groups in total. The van der Waals surface area contributed by atoms with Gasteiger partial charge in [0.25, 0.3) is 0 Å². The van der Waals surface area contributed by atoms with Gasteiger partial charge < -0.3 is 15.5 Å². The van der Waals surface area contributed by atoms with Crippen molar-refractivity contribution in [3.05, 3.63) is 30.0 Å². The average Bonchev–Trinajstić information content (AvgIpc) is 2.38. The van der Waals surface area contributed by atoms with Crippen molar-refractivity contribution in [1.82, 2.24) is 10.2 Å². The summed E-state index contributed by atoms with van der Waals surface area (Å²) in [4.78, 5) is 11.3. The standard InChI is InChI=1S/C14H17N3O3/c1-8(18)14(2,3)15-11-9-6-4-5-7-10(9)16-17-12(11)13(19)20/h4-8,18H,1-3H3,(H,15,16)(H,19,20). The molecule has 20 heavy (non-hydrogen) atoms. The molecule has 0 amide bonds. The number of anilines is 1. The Morgan fingerprint density at radius 3 is 2.55 bits per heavy atom. The van der Waals surface area contributed by atoms with Crippen LogP contribution in [0, 0.1) is 0 Å². The first-order valence-corrected chi connectivity index (χ1v) is 6.28. The molecule has 0 aliphatic rings. The topological polar surface area (TPSA) is 95.3 Å². The van der Waals surface area contributed by atoms with Crippen LogP contribution < -0.4 is 5.32 Å². The molecule has 0 radical (unpaired) electrons. The second kappa shape index (κ2) is 5.05. The summed E-state index contributed by atoms with van der Waals surface area (Å²) < 4.78 is 0. The summed E-state index contributed by atoms with van der Waals surface area (Å²) in [6.07, 6.45) is -0.670. The molecule has 0 fully saturated rings. The summed E-state index contributed by atoms with van der Waals surface area (Å²) in [6, 6.07) is 7.14. The van der Waals surface area contributed by atoms with E-state index in [1.165, 1.54) is 0 Å². The van der Waals surface area contributed by atoms with Crippen molar-refractivity contribution in [3.63, 3.8) is 0 Å². The Labute approximate surface area is 116 Å². The minimum absolute atomic E-state index is 0.155. The zero-order chi connectivity index (χ0) is 14.9. The van der Waals surface area contributed by atoms with E-state index in [-0.39, 0.29) is 5.69 Å². The van der Waals surface area contributed by atoms with E-state index in [9.17, 15) is 15.0 Å². The highest BCUT2D eigenvalue weighted by atomic mass is 16.4. The van der Waals surface area contributed by atoms with Crippen LogP contribution in [-0.2, 0) is 0 Å². The van der Waals surface area contributed by atoms with Crippen molar-refractivity contribution in [2.24, 2.45) is 0 Å². The number of aliphatic hydroxyl groups excluding tert-OH is 1. The number of aromatic nitrogens is 2. The lowest BCUT2D eigenvalue weighted by Crippen LogP contribution is -2.42. The molecule has 2 rings (SSSR count). The van der Waals surface area contributed by atoms with Crippen molar-refractivity contribution in [3.8, 4) is 0 Å². The molecular formula is C14H17N3O3. The van der Waals surface area contributed by atoms with E-state index < -0.39 is 17.6 Å². The zero-order valence-electron chi connectivity index (χ0n) is 11.6. The summed E-state index contributed by atoms with van der Waals surface area (Å²) in [7, 11) is 0. The fourth-order valence-corrected chi connectivity index (χ4v) is 1.76. The highest BCUT2D eigenvalue weighted by Crippen LogP contribution is 2.28. The maximum Gasteiger partial charge on any atom is 0.358 e. The van der Waals surface area contributed by atoms with Gasteiger partial charge in [-0.1, -0.05) is 18.2 Å². The minimum Gasteiger partial charge on any atom is -0.476 e. The zero-order valence-corrected chi connectivity index (χ0v) is 11.6. The number of fused-ring (bicyclic) bond motifs is 1. The maximum absolute atomic E-state index is 11.3. The Balaban J connectivity index is 2.64. The van der Waals surface area contributed by atoms with Crippen LogP contribution in [0.1, 0.15) is 31.3 Å². The molecule has 1 aromatic heterocycles. The molecule has 6 heteroatoms. The van der Waals surface area contributed by atoms with E-state index in [4.69, 9.17) is 0 Å². The summed E-state index contributed by atoms with van der Waals surface area (Å²) in [6.45, 7) is 5.22. The molecule has 0 aliphatic carbocycles. The van der Waals surface area contributed by atoms with Gasteiger partial charge in [-0.2, -0.15) is 0 Å². The van der Waals surface area contributed by atoms with E-state index >= 15 is 0 Å². The Bertz CT molecular complexity index is 653. The molecule has 0 saturated carbocycles. The van der Waals surface area contributed by atoms with Crippen LogP contribution in [0.5, 0.6) is 0 Å². The lowest BCUT2D eigenvalue weighted by molar-refractivity contribution is 0.0690. The second-order valence-corrected chi connectivity index (χ2v) is 5.27. The summed E-state index contributed by atoms with van der Waals surface area (Å²) in [5.74, 6) is -1.16. The Morgan fingerprint density at radius 2 is 1.95 bits per heavy atom. The fourth-order valence-electron chi connectivity index (χ4n) is 1.76. The molecule has 0 bridgehead atoms. The molecule has 1 atom stereocenters. The van der Waals surface area contributed by atoms with E-state index in [2.05, 4.69) is 15.5 Å². The first-order valence-electron chi connectivity index (χ1n) is 6.28. The second-order valence-electron chi connectivity index (χ2n) is 5.27. The number of hydrogen-bond acceptors (Lipinski definition) is 5. The third kappa shape index (κ3) is 2.55. The van der Waals surface area contributed by atoms with Crippen LogP contribution in [0.3, 0.4) is 0 Å². The van der Waals surface area contributed by atoms with Gasteiger partial charge in [-0.25, -0.2) is 4.79 Å². The first-order chi connectivity index (χ1) is 9.33. The van der Waals surface area contributed by atoms with Gasteiger partial charge in [0.1, 0.15) is 0 Å². The molecule has 0 aliphatic heterocycles. The van der Waals surface area contributed by atoms with Gasteiger partial charge in [-0.15, -0.1) is 10.2 Å². The minimum atomic E-state index is -1.16. The van der Waals surface area contributed by atoms with E-state index in [0.29, 0.717) is 16.6 Å². The van der Waals surface area contributed by atoms with Crippen LogP contribution in [0.25, 0.3) is 10.9 Å². The first kappa shape index (κ1) is 14.2. The molecule has 1 unspecified atom stereocenters. The largest absolute Gasteiger partial charge is 0.476 e. The van der Waals surface area contributed by atoms with Crippen molar-refractivity contribution in [1.29, 1.82) is 0 Å². The monoisotopic (exact) mass is 275 g/mol. The molecule has 1 aromatic carbocycles. The van der Waals surface area contributed by atoms with Gasteiger partial charge in [0.05, 0.1) is 22.8 Å². The number of carbonyl (C=O) groups is 1. The molecule has 2 aromatic rings. The molecule has 6 nitrogen and oxygen atoms in total. The Hall–Kier alpha value is -2.21. The number of carboxylic acid groups (broad SMARTS) is 1. The van der Waals surface area contributed by atoms with E-state index in [1.807, 2.05) is 0 Å². The van der Waals surface area contributed by atoms with Gasteiger partial charge in [0, 0.05) is 5.39 Å². The predicted molar refractivity (Wildman–Crippen MR) is 75.9 cm³/mol.